The topological polar surface area (TPSA) is 65.0 Å². The molecule has 1 unspecified atom stereocenters. The van der Waals surface area contributed by atoms with Crippen LogP contribution in [0.3, 0.4) is 0 Å². The summed E-state index contributed by atoms with van der Waals surface area (Å²) in [5, 5.41) is 0. The van der Waals surface area contributed by atoms with Crippen LogP contribution in [0.1, 0.15) is 57.9 Å². The standard InChI is InChI=1S/C24H29NO4/c1-15-20(23(27)29-14-17-10-7-11-28-17)21(16-8-5-4-6-9-16)22-18(25-15)12-24(2,3)13-19(22)26/h4-6,8-9,17,20-21H,7,10-14H2,1-3H3/t17-,20?,21-/m0/s1. The molecule has 154 valence electrons. The summed E-state index contributed by atoms with van der Waals surface area (Å²) < 4.78 is 11.2. The van der Waals surface area contributed by atoms with Gasteiger partial charge in [0.25, 0.3) is 0 Å². The number of Topliss-reactive ketones (excluding diaryl/α,β-unsaturated/α-hetero) is 1. The summed E-state index contributed by atoms with van der Waals surface area (Å²) in [7, 11) is 0. The van der Waals surface area contributed by atoms with E-state index in [0.717, 1.165) is 42.8 Å². The van der Waals surface area contributed by atoms with Crippen LogP contribution in [-0.2, 0) is 19.1 Å². The Labute approximate surface area is 172 Å². The van der Waals surface area contributed by atoms with Gasteiger partial charge in [-0.15, -0.1) is 0 Å². The van der Waals surface area contributed by atoms with Crippen LogP contribution < -0.4 is 0 Å². The third kappa shape index (κ3) is 4.06. The van der Waals surface area contributed by atoms with Crippen molar-refractivity contribution in [3.05, 3.63) is 47.2 Å². The Hall–Kier alpha value is -2.27. The smallest absolute Gasteiger partial charge is 0.315 e. The molecule has 1 aromatic rings. The third-order valence-electron chi connectivity index (χ3n) is 6.15. The molecule has 1 aromatic carbocycles. The maximum Gasteiger partial charge on any atom is 0.315 e. The van der Waals surface area contributed by atoms with Crippen LogP contribution >= 0.6 is 0 Å². The lowest BCUT2D eigenvalue weighted by Crippen LogP contribution is -2.40. The molecule has 0 aromatic heterocycles. The number of carbonyl (C=O) groups is 2. The second-order valence-electron chi connectivity index (χ2n) is 9.19. The predicted octanol–water partition coefficient (Wildman–Crippen LogP) is 4.23. The molecule has 0 N–H and O–H groups in total. The first-order chi connectivity index (χ1) is 13.9. The van der Waals surface area contributed by atoms with E-state index < -0.39 is 5.92 Å². The largest absolute Gasteiger partial charge is 0.462 e. The molecule has 5 heteroatoms. The number of benzene rings is 1. The second kappa shape index (κ2) is 7.86. The van der Waals surface area contributed by atoms with Gasteiger partial charge in [0, 0.05) is 35.9 Å². The quantitative estimate of drug-likeness (QED) is 0.716. The van der Waals surface area contributed by atoms with Gasteiger partial charge in [-0.1, -0.05) is 44.2 Å². The number of ketones is 1. The summed E-state index contributed by atoms with van der Waals surface area (Å²) in [5.41, 5.74) is 3.09. The Kier molecular flexibility index (Phi) is 5.43. The van der Waals surface area contributed by atoms with Gasteiger partial charge in [-0.2, -0.15) is 0 Å². The number of carbonyl (C=O) groups excluding carboxylic acids is 2. The molecule has 1 saturated heterocycles. The number of nitrogens with zero attached hydrogens (tertiary/aromatic N) is 1. The Morgan fingerprint density at radius 2 is 2.00 bits per heavy atom. The van der Waals surface area contributed by atoms with E-state index in [4.69, 9.17) is 14.5 Å². The lowest BCUT2D eigenvalue weighted by atomic mass is 9.67. The van der Waals surface area contributed by atoms with E-state index in [0.29, 0.717) is 12.0 Å². The van der Waals surface area contributed by atoms with Crippen LogP contribution in [0.4, 0.5) is 0 Å². The first-order valence-electron chi connectivity index (χ1n) is 10.5. The van der Waals surface area contributed by atoms with Gasteiger partial charge in [-0.05, 0) is 37.2 Å². The van der Waals surface area contributed by atoms with Crippen molar-refractivity contribution in [3.8, 4) is 0 Å². The Morgan fingerprint density at radius 1 is 1.24 bits per heavy atom. The minimum atomic E-state index is -0.581. The number of hydrogen-bond acceptors (Lipinski definition) is 5. The van der Waals surface area contributed by atoms with Crippen molar-refractivity contribution in [3.63, 3.8) is 0 Å². The molecule has 0 saturated carbocycles. The lowest BCUT2D eigenvalue weighted by molar-refractivity contribution is -0.149. The van der Waals surface area contributed by atoms with Crippen LogP contribution in [0.5, 0.6) is 0 Å². The fraction of sp³-hybridized carbons (Fsp3) is 0.542. The van der Waals surface area contributed by atoms with Gasteiger partial charge < -0.3 is 9.47 Å². The zero-order valence-electron chi connectivity index (χ0n) is 17.4. The van der Waals surface area contributed by atoms with E-state index in [2.05, 4.69) is 13.8 Å². The molecule has 4 rings (SSSR count). The predicted molar refractivity (Wildman–Crippen MR) is 111 cm³/mol. The van der Waals surface area contributed by atoms with Gasteiger partial charge in [-0.25, -0.2) is 0 Å². The summed E-state index contributed by atoms with van der Waals surface area (Å²) in [4.78, 5) is 31.1. The van der Waals surface area contributed by atoms with Crippen molar-refractivity contribution in [2.45, 2.75) is 58.5 Å². The highest BCUT2D eigenvalue weighted by molar-refractivity contribution is 6.09. The summed E-state index contributed by atoms with van der Waals surface area (Å²) in [5.74, 6) is -1.15. The summed E-state index contributed by atoms with van der Waals surface area (Å²) in [6, 6.07) is 9.81. The molecule has 2 aliphatic heterocycles. The summed E-state index contributed by atoms with van der Waals surface area (Å²) in [6.45, 7) is 7.05. The molecule has 5 nitrogen and oxygen atoms in total. The van der Waals surface area contributed by atoms with Crippen molar-refractivity contribution in [1.29, 1.82) is 0 Å². The molecule has 0 radical (unpaired) electrons. The van der Waals surface area contributed by atoms with E-state index in [1.54, 1.807) is 0 Å². The third-order valence-corrected chi connectivity index (χ3v) is 6.15. The van der Waals surface area contributed by atoms with E-state index in [-0.39, 0.29) is 35.8 Å². The first-order valence-corrected chi connectivity index (χ1v) is 10.5. The van der Waals surface area contributed by atoms with Crippen molar-refractivity contribution < 1.29 is 19.1 Å². The molecule has 2 heterocycles. The fourth-order valence-electron chi connectivity index (χ4n) is 4.81. The summed E-state index contributed by atoms with van der Waals surface area (Å²) in [6.07, 6.45) is 3.10. The van der Waals surface area contributed by atoms with E-state index >= 15 is 0 Å². The number of ether oxygens (including phenoxy) is 2. The molecular weight excluding hydrogens is 366 g/mol. The van der Waals surface area contributed by atoms with Crippen LogP contribution in [0, 0.1) is 11.3 Å². The van der Waals surface area contributed by atoms with Gasteiger partial charge in [0.1, 0.15) is 12.5 Å². The average molecular weight is 395 g/mol. The van der Waals surface area contributed by atoms with E-state index in [1.165, 1.54) is 0 Å². The molecule has 1 aliphatic carbocycles. The monoisotopic (exact) mass is 395 g/mol. The highest BCUT2D eigenvalue weighted by atomic mass is 16.6. The number of rotatable bonds is 4. The molecule has 29 heavy (non-hydrogen) atoms. The van der Waals surface area contributed by atoms with Gasteiger partial charge in [0.2, 0.25) is 0 Å². The lowest BCUT2D eigenvalue weighted by Gasteiger charge is -2.39. The molecule has 0 spiro atoms. The van der Waals surface area contributed by atoms with Crippen LogP contribution in [0.15, 0.2) is 46.6 Å². The van der Waals surface area contributed by atoms with Gasteiger partial charge in [-0.3, -0.25) is 14.6 Å². The van der Waals surface area contributed by atoms with Crippen molar-refractivity contribution in [1.82, 2.24) is 0 Å². The average Bonchev–Trinajstić information content (AvgIpc) is 3.18. The van der Waals surface area contributed by atoms with Gasteiger partial charge in [0.15, 0.2) is 5.78 Å². The first kappa shape index (κ1) is 20.0. The van der Waals surface area contributed by atoms with Crippen LogP contribution in [0.25, 0.3) is 0 Å². The number of hydrogen-bond donors (Lipinski definition) is 0. The van der Waals surface area contributed by atoms with Gasteiger partial charge in [0.05, 0.1) is 6.10 Å². The Balaban J connectivity index is 1.69. The normalized spacial score (nSPS) is 28.7. The minimum Gasteiger partial charge on any atom is -0.462 e. The zero-order chi connectivity index (χ0) is 20.6. The Bertz CT molecular complexity index is 862. The maximum absolute atomic E-state index is 13.2. The number of allylic oxidation sites excluding steroid dienone is 2. The van der Waals surface area contributed by atoms with Crippen LogP contribution in [-0.4, -0.2) is 36.8 Å². The fourth-order valence-corrected chi connectivity index (χ4v) is 4.81. The SMILES string of the molecule is CC1=NC2=C(C(=O)CC(C)(C)C2)[C@@H](c2ccccc2)C1C(=O)OC[C@@H]1CCCO1. The van der Waals surface area contributed by atoms with Crippen LogP contribution in [0.2, 0.25) is 0 Å². The summed E-state index contributed by atoms with van der Waals surface area (Å²) >= 11 is 0. The number of esters is 1. The highest BCUT2D eigenvalue weighted by Gasteiger charge is 2.46. The molecule has 0 amide bonds. The highest BCUT2D eigenvalue weighted by Crippen LogP contribution is 2.47. The van der Waals surface area contributed by atoms with Crippen molar-refractivity contribution in [2.75, 3.05) is 13.2 Å². The molecule has 0 bridgehead atoms. The number of aliphatic imine (C=N–C) groups is 1. The molecular formula is C24H29NO4. The Morgan fingerprint density at radius 3 is 2.69 bits per heavy atom. The van der Waals surface area contributed by atoms with E-state index in [9.17, 15) is 9.59 Å². The maximum atomic E-state index is 13.2. The van der Waals surface area contributed by atoms with Gasteiger partial charge >= 0.3 is 5.97 Å². The van der Waals surface area contributed by atoms with E-state index in [1.807, 2.05) is 37.3 Å². The van der Waals surface area contributed by atoms with Crippen molar-refractivity contribution in [2.24, 2.45) is 16.3 Å². The minimum absolute atomic E-state index is 0.0261. The zero-order valence-corrected chi connectivity index (χ0v) is 17.4. The second-order valence-corrected chi connectivity index (χ2v) is 9.19. The van der Waals surface area contributed by atoms with Crippen molar-refractivity contribution >= 4 is 17.5 Å². The molecule has 3 atom stereocenters. The molecule has 3 aliphatic rings. The molecule has 1 fully saturated rings.